The van der Waals surface area contributed by atoms with E-state index in [1.54, 1.807) is 24.3 Å². The lowest BCUT2D eigenvalue weighted by Gasteiger charge is -2.09. The van der Waals surface area contributed by atoms with E-state index in [4.69, 9.17) is 11.6 Å². The number of rotatable bonds is 9. The third kappa shape index (κ3) is 6.49. The number of hydrogen-bond acceptors (Lipinski definition) is 11. The van der Waals surface area contributed by atoms with Crippen molar-refractivity contribution in [3.05, 3.63) is 90.8 Å². The van der Waals surface area contributed by atoms with E-state index < -0.39 is 74.3 Å². The molecular formula is C22H19ClN4O9S2. The van der Waals surface area contributed by atoms with E-state index in [0.717, 1.165) is 17.7 Å². The van der Waals surface area contributed by atoms with Gasteiger partial charge in [0.2, 0.25) is 10.9 Å². The highest BCUT2D eigenvalue weighted by Crippen LogP contribution is 2.25. The molecular weight excluding hydrogens is 564 g/mol. The van der Waals surface area contributed by atoms with Crippen LogP contribution in [0.15, 0.2) is 78.1 Å². The number of benzene rings is 3. The third-order valence-corrected chi connectivity index (χ3v) is 8.02. The Bertz CT molecular complexity index is 1850. The maximum absolute atomic E-state index is 13.0. The first kappa shape index (κ1) is 28.6. The van der Waals surface area contributed by atoms with Crippen molar-refractivity contribution in [3.8, 4) is 0 Å². The summed E-state index contributed by atoms with van der Waals surface area (Å²) in [4.78, 5) is 35.7. The Labute approximate surface area is 220 Å². The second kappa shape index (κ2) is 11.2. The highest BCUT2D eigenvalue weighted by molar-refractivity contribution is 7.91. The zero-order chi connectivity index (χ0) is 28.3. The van der Waals surface area contributed by atoms with Gasteiger partial charge in [0, 0.05) is 11.9 Å². The number of nitrogens with zero attached hydrogens (tertiary/aromatic N) is 2. The average molecular weight is 583 g/mol. The molecule has 200 valence electrons. The average Bonchev–Trinajstić information content (AvgIpc) is 2.83. The lowest BCUT2D eigenvalue weighted by atomic mass is 10.2. The zero-order valence-electron chi connectivity index (χ0n) is 19.4. The van der Waals surface area contributed by atoms with Crippen LogP contribution in [0.25, 0.3) is 0 Å². The van der Waals surface area contributed by atoms with Crippen LogP contribution in [0.4, 0.5) is 11.4 Å². The number of carbonyl (C=O) groups is 1. The number of carboxylic acids is 1. The largest absolute Gasteiger partial charge is 0.478 e. The quantitative estimate of drug-likeness (QED) is 0.154. The van der Waals surface area contributed by atoms with E-state index in [0.29, 0.717) is 17.8 Å². The van der Waals surface area contributed by atoms with E-state index in [1.165, 1.54) is 0 Å². The van der Waals surface area contributed by atoms with Crippen LogP contribution < -0.4 is 32.4 Å². The minimum absolute atomic E-state index is 0.268. The Morgan fingerprint density at radius 2 is 1.58 bits per heavy atom. The molecule has 0 heterocycles. The van der Waals surface area contributed by atoms with E-state index in [1.807, 2.05) is 6.92 Å². The number of carboxylic acid groups (broad SMARTS) is 1. The normalized spacial score (nSPS) is 12.9. The molecule has 0 fully saturated rings. The number of anilines is 2. The van der Waals surface area contributed by atoms with Gasteiger partial charge < -0.3 is 5.11 Å². The van der Waals surface area contributed by atoms with Gasteiger partial charge in [-0.1, -0.05) is 17.7 Å². The van der Waals surface area contributed by atoms with Gasteiger partial charge in [-0.25, -0.2) is 13.2 Å². The van der Waals surface area contributed by atoms with Crippen molar-refractivity contribution in [2.45, 2.75) is 16.7 Å². The molecule has 13 nitrogen and oxygen atoms in total. The van der Waals surface area contributed by atoms with Gasteiger partial charge in [0.05, 0.1) is 27.6 Å². The Morgan fingerprint density at radius 1 is 0.947 bits per heavy atom. The smallest absolute Gasteiger partial charge is 0.338 e. The molecule has 0 saturated carbocycles. The van der Waals surface area contributed by atoms with Gasteiger partial charge in [0.1, 0.15) is 10.3 Å². The van der Waals surface area contributed by atoms with Crippen LogP contribution in [0.2, 0.25) is 0 Å². The van der Waals surface area contributed by atoms with Gasteiger partial charge in [-0.3, -0.25) is 25.0 Å². The lowest BCUT2D eigenvalue weighted by Crippen LogP contribution is -2.50. The van der Waals surface area contributed by atoms with Crippen LogP contribution in [0.5, 0.6) is 0 Å². The zero-order valence-corrected chi connectivity index (χ0v) is 21.8. The fourth-order valence-corrected chi connectivity index (χ4v) is 5.44. The highest BCUT2D eigenvalue weighted by atomic mass is 35.5. The standard InChI is InChI=1S/C22H19ClN4O9S2/c1-12-2-4-13(5-3-12)24-26-19-15(22(30)31)11-17(28)20(21(19)29)27-25-16-7-6-14(37(32,33)9-8-23)10-18(16)38(34,35)36/h2-7,10-11,24-25H,8-9H2,1H3,(H,30,31)(H,34,35,36). The molecule has 0 aliphatic carbocycles. The minimum atomic E-state index is -5.01. The number of hydrogen-bond donors (Lipinski definition) is 4. The van der Waals surface area contributed by atoms with Crippen molar-refractivity contribution < 1.29 is 31.3 Å². The van der Waals surface area contributed by atoms with Gasteiger partial charge in [-0.05, 0) is 37.3 Å². The van der Waals surface area contributed by atoms with Crippen LogP contribution in [-0.2, 0) is 20.0 Å². The van der Waals surface area contributed by atoms with Crippen LogP contribution in [0, 0.1) is 6.92 Å². The van der Waals surface area contributed by atoms with Crippen LogP contribution in [0.3, 0.4) is 0 Å². The topological polar surface area (TPSA) is 209 Å². The number of sulfone groups is 1. The Kier molecular flexibility index (Phi) is 8.46. The van der Waals surface area contributed by atoms with Crippen molar-refractivity contribution in [3.63, 3.8) is 0 Å². The number of halogens is 1. The second-order valence-electron chi connectivity index (χ2n) is 7.71. The summed E-state index contributed by atoms with van der Waals surface area (Å²) in [5.74, 6) is -2.38. The molecule has 16 heteroatoms. The Morgan fingerprint density at radius 3 is 2.16 bits per heavy atom. The first-order valence-corrected chi connectivity index (χ1v) is 14.1. The molecule has 38 heavy (non-hydrogen) atoms. The number of aromatic carboxylic acids is 1. The van der Waals surface area contributed by atoms with Crippen LogP contribution in [0.1, 0.15) is 15.9 Å². The van der Waals surface area contributed by atoms with E-state index in [9.17, 15) is 40.9 Å². The van der Waals surface area contributed by atoms with Crippen LogP contribution in [-0.4, -0.2) is 44.1 Å². The highest BCUT2D eigenvalue weighted by Gasteiger charge is 2.22. The summed E-state index contributed by atoms with van der Waals surface area (Å²) in [6.45, 7) is 1.84. The molecule has 0 aliphatic rings. The molecule has 3 aromatic rings. The van der Waals surface area contributed by atoms with Crippen molar-refractivity contribution in [2.75, 3.05) is 22.5 Å². The monoisotopic (exact) mass is 582 g/mol. The van der Waals surface area contributed by atoms with Gasteiger partial charge in [0.15, 0.2) is 15.2 Å². The first-order valence-electron chi connectivity index (χ1n) is 10.4. The van der Waals surface area contributed by atoms with Crippen LogP contribution >= 0.6 is 11.6 Å². The fourth-order valence-electron chi connectivity index (χ4n) is 3.08. The van der Waals surface area contributed by atoms with Gasteiger partial charge >= 0.3 is 5.97 Å². The molecule has 0 aromatic heterocycles. The van der Waals surface area contributed by atoms with E-state index in [-0.39, 0.29) is 5.88 Å². The molecule has 0 saturated heterocycles. The Balaban J connectivity index is 2.16. The third-order valence-electron chi connectivity index (χ3n) is 5.00. The van der Waals surface area contributed by atoms with E-state index in [2.05, 4.69) is 21.1 Å². The predicted molar refractivity (Wildman–Crippen MR) is 137 cm³/mol. The van der Waals surface area contributed by atoms with E-state index >= 15 is 0 Å². The summed E-state index contributed by atoms with van der Waals surface area (Å²) in [7, 11) is -8.99. The summed E-state index contributed by atoms with van der Waals surface area (Å²) < 4.78 is 57.9. The molecule has 3 aromatic carbocycles. The molecule has 0 spiro atoms. The number of alkyl halides is 1. The molecule has 3 rings (SSSR count). The maximum Gasteiger partial charge on any atom is 0.338 e. The number of nitrogens with one attached hydrogen (secondary N) is 2. The molecule has 0 amide bonds. The maximum atomic E-state index is 13.0. The van der Waals surface area contributed by atoms with Gasteiger partial charge in [0.25, 0.3) is 10.1 Å². The summed E-state index contributed by atoms with van der Waals surface area (Å²) in [6.07, 6.45) is 0. The fraction of sp³-hybridized carbons (Fsp3) is 0.136. The second-order valence-corrected chi connectivity index (χ2v) is 11.6. The summed E-state index contributed by atoms with van der Waals surface area (Å²) in [5.41, 5.74) is 2.51. The molecule has 0 unspecified atom stereocenters. The molecule has 4 N–H and O–H groups in total. The minimum Gasteiger partial charge on any atom is -0.478 e. The summed E-state index contributed by atoms with van der Waals surface area (Å²) in [6, 6.07) is 9.93. The lowest BCUT2D eigenvalue weighted by molar-refractivity contribution is 0.0694. The SMILES string of the molecule is Cc1ccc(NN=c2c(C(=O)O)cc(=O)c(=NNc3ccc(S(=O)(=O)CCCl)cc3S(=O)(=O)O)c2=O)cc1. The van der Waals surface area contributed by atoms with Crippen molar-refractivity contribution in [1.29, 1.82) is 0 Å². The molecule has 0 aliphatic heterocycles. The van der Waals surface area contributed by atoms with Crippen molar-refractivity contribution in [1.82, 2.24) is 0 Å². The summed E-state index contributed by atoms with van der Waals surface area (Å²) >= 11 is 5.47. The molecule has 0 atom stereocenters. The summed E-state index contributed by atoms with van der Waals surface area (Å²) in [5, 5.41) is 15.4. The first-order chi connectivity index (χ1) is 17.7. The number of aryl methyl sites for hydroxylation is 1. The molecule has 0 radical (unpaired) electrons. The van der Waals surface area contributed by atoms with Gasteiger partial charge in [-0.2, -0.15) is 18.6 Å². The van der Waals surface area contributed by atoms with Crippen molar-refractivity contribution >= 4 is 48.9 Å². The van der Waals surface area contributed by atoms with Gasteiger partial charge in [-0.15, -0.1) is 11.6 Å². The predicted octanol–water partition coefficient (Wildman–Crippen LogP) is 0.404. The molecule has 0 bridgehead atoms. The Hall–Kier alpha value is -3.92. The van der Waals surface area contributed by atoms with Crippen molar-refractivity contribution in [2.24, 2.45) is 10.2 Å².